The van der Waals surface area contributed by atoms with Crippen molar-refractivity contribution in [1.82, 2.24) is 4.31 Å². The summed E-state index contributed by atoms with van der Waals surface area (Å²) in [6, 6.07) is 9.48. The van der Waals surface area contributed by atoms with E-state index < -0.39 is 16.4 Å². The van der Waals surface area contributed by atoms with Gasteiger partial charge in [0.2, 0.25) is 0 Å². The average molecular weight is 356 g/mol. The molecule has 1 aromatic rings. The zero-order valence-corrected chi connectivity index (χ0v) is 15.0. The summed E-state index contributed by atoms with van der Waals surface area (Å²) >= 11 is 0. The molecule has 1 aromatic carbocycles. The van der Waals surface area contributed by atoms with Crippen molar-refractivity contribution in [2.24, 2.45) is 0 Å². The Balaban J connectivity index is 2.02. The maximum Gasteiger partial charge on any atom is 0.336 e. The van der Waals surface area contributed by atoms with Crippen molar-refractivity contribution in [3.8, 4) is 0 Å². The molecule has 1 atom stereocenters. The minimum Gasteiger partial charge on any atom is -0.390 e. The van der Waals surface area contributed by atoms with Crippen LogP contribution in [0, 0.1) is 0 Å². The van der Waals surface area contributed by atoms with Crippen molar-refractivity contribution in [3.05, 3.63) is 30.3 Å². The second kappa shape index (κ2) is 8.80. The lowest BCUT2D eigenvalue weighted by Gasteiger charge is -2.34. The van der Waals surface area contributed by atoms with Crippen LogP contribution in [0.1, 0.15) is 39.0 Å². The molecular weight excluding hydrogens is 328 g/mol. The molecule has 2 rings (SSSR count). The summed E-state index contributed by atoms with van der Waals surface area (Å²) in [7, 11) is -4.31. The molecule has 0 saturated heterocycles. The maximum atomic E-state index is 11.7. The van der Waals surface area contributed by atoms with Crippen LogP contribution in [0.15, 0.2) is 30.3 Å². The highest BCUT2D eigenvalue weighted by Crippen LogP contribution is 2.24. The Bertz CT molecular complexity index is 588. The van der Waals surface area contributed by atoms with Crippen LogP contribution in [-0.4, -0.2) is 54.2 Å². The number of aliphatic hydroxyl groups is 1. The quantitative estimate of drug-likeness (QED) is 0.699. The van der Waals surface area contributed by atoms with Crippen molar-refractivity contribution in [2.45, 2.75) is 51.2 Å². The molecule has 1 fully saturated rings. The monoisotopic (exact) mass is 356 g/mol. The van der Waals surface area contributed by atoms with E-state index in [2.05, 4.69) is 0 Å². The molecule has 7 heteroatoms. The SMILES string of the molecule is CCN(CC(O)CN(C1CCCCC1)S(=O)(=O)O)c1ccccc1. The predicted octanol–water partition coefficient (Wildman–Crippen LogP) is 2.31. The van der Waals surface area contributed by atoms with E-state index in [1.807, 2.05) is 42.2 Å². The normalized spacial score (nSPS) is 17.8. The first-order valence-electron chi connectivity index (χ1n) is 8.64. The Kier molecular flexibility index (Phi) is 7.03. The molecular formula is C17H28N2O4S. The first kappa shape index (κ1) is 19.2. The Hall–Kier alpha value is -1.15. The Labute approximate surface area is 145 Å². The predicted molar refractivity (Wildman–Crippen MR) is 95.5 cm³/mol. The average Bonchev–Trinajstić information content (AvgIpc) is 2.58. The van der Waals surface area contributed by atoms with Gasteiger partial charge in [0.05, 0.1) is 6.10 Å². The molecule has 24 heavy (non-hydrogen) atoms. The minimum absolute atomic E-state index is 0.0766. The van der Waals surface area contributed by atoms with Crippen LogP contribution in [0.3, 0.4) is 0 Å². The molecule has 0 amide bonds. The first-order valence-corrected chi connectivity index (χ1v) is 10.0. The lowest BCUT2D eigenvalue weighted by atomic mass is 9.95. The van der Waals surface area contributed by atoms with Crippen LogP contribution in [0.4, 0.5) is 5.69 Å². The summed E-state index contributed by atoms with van der Waals surface area (Å²) in [5.74, 6) is 0. The van der Waals surface area contributed by atoms with Crippen molar-refractivity contribution in [1.29, 1.82) is 0 Å². The van der Waals surface area contributed by atoms with E-state index >= 15 is 0 Å². The first-order chi connectivity index (χ1) is 11.4. The van der Waals surface area contributed by atoms with Crippen LogP contribution >= 0.6 is 0 Å². The number of rotatable bonds is 8. The fourth-order valence-corrected chi connectivity index (χ4v) is 4.32. The number of nitrogens with zero attached hydrogens (tertiary/aromatic N) is 2. The fraction of sp³-hybridized carbons (Fsp3) is 0.647. The summed E-state index contributed by atoms with van der Waals surface area (Å²) in [5.41, 5.74) is 0.982. The largest absolute Gasteiger partial charge is 0.390 e. The summed E-state index contributed by atoms with van der Waals surface area (Å²) in [5, 5.41) is 10.4. The highest BCUT2D eigenvalue weighted by atomic mass is 32.2. The Morgan fingerprint density at radius 3 is 2.29 bits per heavy atom. The molecule has 0 aliphatic heterocycles. The Morgan fingerprint density at radius 2 is 1.75 bits per heavy atom. The molecule has 6 nitrogen and oxygen atoms in total. The second-order valence-corrected chi connectivity index (χ2v) is 7.73. The molecule has 1 saturated carbocycles. The van der Waals surface area contributed by atoms with E-state index in [9.17, 15) is 18.1 Å². The van der Waals surface area contributed by atoms with E-state index in [1.165, 1.54) is 0 Å². The van der Waals surface area contributed by atoms with Gasteiger partial charge in [-0.15, -0.1) is 0 Å². The summed E-state index contributed by atoms with van der Waals surface area (Å²) in [6.45, 7) is 2.93. The summed E-state index contributed by atoms with van der Waals surface area (Å²) in [4.78, 5) is 1.99. The number of para-hydroxylation sites is 1. The van der Waals surface area contributed by atoms with Gasteiger partial charge in [-0.3, -0.25) is 4.55 Å². The van der Waals surface area contributed by atoms with Gasteiger partial charge in [-0.25, -0.2) is 0 Å². The third-order valence-electron chi connectivity index (χ3n) is 4.60. The molecule has 0 spiro atoms. The topological polar surface area (TPSA) is 81.1 Å². The van der Waals surface area contributed by atoms with Gasteiger partial charge in [-0.1, -0.05) is 37.5 Å². The van der Waals surface area contributed by atoms with Gasteiger partial charge in [-0.2, -0.15) is 12.7 Å². The van der Waals surface area contributed by atoms with Gasteiger partial charge in [-0.05, 0) is 31.9 Å². The van der Waals surface area contributed by atoms with E-state index in [0.717, 1.165) is 42.1 Å². The van der Waals surface area contributed by atoms with Crippen LogP contribution in [0.25, 0.3) is 0 Å². The lowest BCUT2D eigenvalue weighted by molar-refractivity contribution is 0.120. The molecule has 0 bridgehead atoms. The summed E-state index contributed by atoms with van der Waals surface area (Å²) in [6.07, 6.45) is 3.62. The second-order valence-electron chi connectivity index (χ2n) is 6.37. The smallest absolute Gasteiger partial charge is 0.336 e. The van der Waals surface area contributed by atoms with Gasteiger partial charge < -0.3 is 10.0 Å². The number of aliphatic hydroxyl groups excluding tert-OH is 1. The lowest BCUT2D eigenvalue weighted by Crippen LogP contribution is -2.47. The van der Waals surface area contributed by atoms with Gasteiger partial charge in [0, 0.05) is 31.4 Å². The van der Waals surface area contributed by atoms with Crippen LogP contribution < -0.4 is 4.90 Å². The van der Waals surface area contributed by atoms with Crippen molar-refractivity contribution in [3.63, 3.8) is 0 Å². The third kappa shape index (κ3) is 5.44. The highest BCUT2D eigenvalue weighted by Gasteiger charge is 2.31. The number of hydrogen-bond donors (Lipinski definition) is 2. The molecule has 136 valence electrons. The molecule has 0 aromatic heterocycles. The minimum atomic E-state index is -4.31. The van der Waals surface area contributed by atoms with Gasteiger partial charge in [0.1, 0.15) is 0 Å². The molecule has 1 aliphatic carbocycles. The molecule has 1 unspecified atom stereocenters. The third-order valence-corrected chi connectivity index (χ3v) is 5.64. The van der Waals surface area contributed by atoms with Gasteiger partial charge >= 0.3 is 10.3 Å². The number of anilines is 1. The molecule has 1 aliphatic rings. The molecule has 2 N–H and O–H groups in total. The van der Waals surface area contributed by atoms with Gasteiger partial charge in [0.25, 0.3) is 0 Å². The van der Waals surface area contributed by atoms with Crippen LogP contribution in [-0.2, 0) is 10.3 Å². The van der Waals surface area contributed by atoms with Crippen molar-refractivity contribution < 1.29 is 18.1 Å². The number of likely N-dealkylation sites (N-methyl/N-ethyl adjacent to an activating group) is 1. The zero-order chi connectivity index (χ0) is 17.6. The van der Waals surface area contributed by atoms with Crippen LogP contribution in [0.5, 0.6) is 0 Å². The fourth-order valence-electron chi connectivity index (χ4n) is 3.38. The maximum absolute atomic E-state index is 11.7. The van der Waals surface area contributed by atoms with E-state index in [-0.39, 0.29) is 12.6 Å². The summed E-state index contributed by atoms with van der Waals surface area (Å²) < 4.78 is 34.1. The molecule has 0 heterocycles. The van der Waals surface area contributed by atoms with E-state index in [1.54, 1.807) is 0 Å². The Morgan fingerprint density at radius 1 is 1.12 bits per heavy atom. The number of hydrogen-bond acceptors (Lipinski definition) is 4. The van der Waals surface area contributed by atoms with Crippen LogP contribution in [0.2, 0.25) is 0 Å². The van der Waals surface area contributed by atoms with Crippen molar-refractivity contribution in [2.75, 3.05) is 24.5 Å². The molecule has 0 radical (unpaired) electrons. The zero-order valence-electron chi connectivity index (χ0n) is 14.2. The standard InChI is InChI=1S/C17H28N2O4S/c1-2-18(15-9-5-3-6-10-15)13-17(20)14-19(24(21,22)23)16-11-7-4-8-12-16/h3,5-6,9-10,16-17,20H,2,4,7-8,11-14H2,1H3,(H,21,22,23). The van der Waals surface area contributed by atoms with E-state index in [4.69, 9.17) is 0 Å². The van der Waals surface area contributed by atoms with Gasteiger partial charge in [0.15, 0.2) is 0 Å². The number of benzene rings is 1. The van der Waals surface area contributed by atoms with Crippen molar-refractivity contribution >= 4 is 16.0 Å². The highest BCUT2D eigenvalue weighted by molar-refractivity contribution is 7.83. The van der Waals surface area contributed by atoms with E-state index in [0.29, 0.717) is 13.1 Å².